The van der Waals surface area contributed by atoms with Crippen LogP contribution in [-0.2, 0) is 4.79 Å². The Morgan fingerprint density at radius 2 is 1.58 bits per heavy atom. The Kier molecular flexibility index (Phi) is 7.37. The molecule has 1 heterocycles. The predicted octanol–water partition coefficient (Wildman–Crippen LogP) is 4.97. The third-order valence-electron chi connectivity index (χ3n) is 5.36. The van der Waals surface area contributed by atoms with Crippen LogP contribution in [0.1, 0.15) is 10.4 Å². The molecule has 0 aromatic heterocycles. The zero-order valence-electron chi connectivity index (χ0n) is 17.8. The Labute approximate surface area is 202 Å². The van der Waals surface area contributed by atoms with Crippen LogP contribution in [0.3, 0.4) is 0 Å². The Hall–Kier alpha value is -3.22. The summed E-state index contributed by atoms with van der Waals surface area (Å²) in [5.41, 5.74) is 2.29. The minimum absolute atomic E-state index is 0.0369. The van der Waals surface area contributed by atoms with Crippen LogP contribution in [-0.4, -0.2) is 49.5 Å². The van der Waals surface area contributed by atoms with Gasteiger partial charge in [-0.15, -0.1) is 0 Å². The molecular weight excluding hydrogens is 461 g/mol. The van der Waals surface area contributed by atoms with Gasteiger partial charge in [0.2, 0.25) is 0 Å². The van der Waals surface area contributed by atoms with Gasteiger partial charge in [-0.05, 0) is 42.5 Å². The van der Waals surface area contributed by atoms with Crippen LogP contribution in [0.2, 0.25) is 10.0 Å². The number of carbonyl (C=O) groups excluding carboxylic acids is 2. The summed E-state index contributed by atoms with van der Waals surface area (Å²) < 4.78 is 5.53. The molecule has 0 spiro atoms. The van der Waals surface area contributed by atoms with Crippen molar-refractivity contribution in [3.05, 3.63) is 88.4 Å². The fraction of sp³-hybridized carbons (Fsp3) is 0.200. The quantitative estimate of drug-likeness (QED) is 0.537. The molecule has 0 aliphatic carbocycles. The first-order valence-corrected chi connectivity index (χ1v) is 11.3. The number of para-hydroxylation sites is 2. The van der Waals surface area contributed by atoms with E-state index in [0.717, 1.165) is 5.69 Å². The molecule has 1 saturated heterocycles. The third-order valence-corrected chi connectivity index (χ3v) is 5.89. The Balaban J connectivity index is 1.35. The molecule has 0 bridgehead atoms. The fourth-order valence-corrected chi connectivity index (χ4v) is 4.15. The molecule has 3 aromatic rings. The first-order valence-electron chi connectivity index (χ1n) is 10.6. The maximum absolute atomic E-state index is 12.7. The summed E-state index contributed by atoms with van der Waals surface area (Å²) in [6, 6.07) is 21.7. The smallest absolute Gasteiger partial charge is 0.262 e. The summed E-state index contributed by atoms with van der Waals surface area (Å²) in [5.74, 6) is 0.130. The van der Waals surface area contributed by atoms with Gasteiger partial charge in [-0.2, -0.15) is 0 Å². The van der Waals surface area contributed by atoms with E-state index >= 15 is 0 Å². The maximum atomic E-state index is 12.7. The molecule has 1 aliphatic heterocycles. The standard InChI is InChI=1S/C25H23Cl2N3O3/c26-19-10-11-23(20(27)16-19)33-17-24(31)28-21-8-4-5-9-22(21)29-12-14-30(15-13-29)25(32)18-6-2-1-3-7-18/h1-11,16H,12-15,17H2,(H,28,31). The van der Waals surface area contributed by atoms with Crippen molar-refractivity contribution >= 4 is 46.4 Å². The molecule has 0 atom stereocenters. The number of benzene rings is 3. The fourth-order valence-electron chi connectivity index (χ4n) is 3.69. The van der Waals surface area contributed by atoms with Crippen molar-refractivity contribution in [3.63, 3.8) is 0 Å². The van der Waals surface area contributed by atoms with Crippen molar-refractivity contribution < 1.29 is 14.3 Å². The lowest BCUT2D eigenvalue weighted by Crippen LogP contribution is -2.49. The molecule has 1 aliphatic rings. The molecule has 0 saturated carbocycles. The van der Waals surface area contributed by atoms with Gasteiger partial charge in [-0.1, -0.05) is 53.5 Å². The highest BCUT2D eigenvalue weighted by Crippen LogP contribution is 2.29. The van der Waals surface area contributed by atoms with Gasteiger partial charge in [-0.25, -0.2) is 0 Å². The summed E-state index contributed by atoms with van der Waals surface area (Å²) in [7, 11) is 0. The second-order valence-corrected chi connectivity index (χ2v) is 8.42. The summed E-state index contributed by atoms with van der Waals surface area (Å²) >= 11 is 12.0. The second-order valence-electron chi connectivity index (χ2n) is 7.57. The molecular formula is C25H23Cl2N3O3. The Morgan fingerprint density at radius 3 is 2.30 bits per heavy atom. The van der Waals surface area contributed by atoms with Gasteiger partial charge in [0.05, 0.1) is 16.4 Å². The van der Waals surface area contributed by atoms with E-state index in [1.54, 1.807) is 18.2 Å². The van der Waals surface area contributed by atoms with Crippen LogP contribution < -0.4 is 15.0 Å². The molecule has 170 valence electrons. The maximum Gasteiger partial charge on any atom is 0.262 e. The molecule has 1 N–H and O–H groups in total. The number of piperazine rings is 1. The SMILES string of the molecule is O=C(COc1ccc(Cl)cc1Cl)Nc1ccccc1N1CCN(C(=O)c2ccccc2)CC1. The van der Waals surface area contributed by atoms with Crippen molar-refractivity contribution in [2.24, 2.45) is 0 Å². The molecule has 33 heavy (non-hydrogen) atoms. The average Bonchev–Trinajstić information content (AvgIpc) is 2.84. The largest absolute Gasteiger partial charge is 0.482 e. The Bertz CT molecular complexity index is 1130. The number of anilines is 2. The van der Waals surface area contributed by atoms with E-state index in [1.165, 1.54) is 0 Å². The van der Waals surface area contributed by atoms with Crippen molar-refractivity contribution in [1.29, 1.82) is 0 Å². The van der Waals surface area contributed by atoms with Crippen LogP contribution in [0.4, 0.5) is 11.4 Å². The van der Waals surface area contributed by atoms with Gasteiger partial charge < -0.3 is 19.9 Å². The highest BCUT2D eigenvalue weighted by molar-refractivity contribution is 6.35. The number of nitrogens with one attached hydrogen (secondary N) is 1. The number of hydrogen-bond donors (Lipinski definition) is 1. The molecule has 0 unspecified atom stereocenters. The molecule has 2 amide bonds. The summed E-state index contributed by atoms with van der Waals surface area (Å²) in [5, 5.41) is 3.76. The van der Waals surface area contributed by atoms with E-state index in [9.17, 15) is 9.59 Å². The monoisotopic (exact) mass is 483 g/mol. The summed E-state index contributed by atoms with van der Waals surface area (Å²) in [4.78, 5) is 29.3. The van der Waals surface area contributed by atoms with Crippen LogP contribution in [0.5, 0.6) is 5.75 Å². The van der Waals surface area contributed by atoms with E-state index < -0.39 is 0 Å². The van der Waals surface area contributed by atoms with Gasteiger partial charge >= 0.3 is 0 Å². The second kappa shape index (κ2) is 10.6. The van der Waals surface area contributed by atoms with Crippen LogP contribution in [0, 0.1) is 0 Å². The van der Waals surface area contributed by atoms with Crippen LogP contribution in [0.15, 0.2) is 72.8 Å². The molecule has 8 heteroatoms. The highest BCUT2D eigenvalue weighted by Gasteiger charge is 2.23. The predicted molar refractivity (Wildman–Crippen MR) is 132 cm³/mol. The minimum atomic E-state index is -0.300. The van der Waals surface area contributed by atoms with Crippen molar-refractivity contribution in [2.45, 2.75) is 0 Å². The number of carbonyl (C=O) groups is 2. The topological polar surface area (TPSA) is 61.9 Å². The van der Waals surface area contributed by atoms with Crippen molar-refractivity contribution in [2.75, 3.05) is 43.0 Å². The number of ether oxygens (including phenoxy) is 1. The van der Waals surface area contributed by atoms with Crippen molar-refractivity contribution in [3.8, 4) is 5.75 Å². The van der Waals surface area contributed by atoms with Gasteiger partial charge in [0.1, 0.15) is 5.75 Å². The first kappa shape index (κ1) is 23.0. The highest BCUT2D eigenvalue weighted by atomic mass is 35.5. The molecule has 3 aromatic carbocycles. The summed E-state index contributed by atoms with van der Waals surface area (Å²) in [6.45, 7) is 2.36. The number of halogens is 2. The third kappa shape index (κ3) is 5.78. The van der Waals surface area contributed by atoms with Crippen LogP contribution >= 0.6 is 23.2 Å². The van der Waals surface area contributed by atoms with Gasteiger partial charge in [0.15, 0.2) is 6.61 Å². The zero-order chi connectivity index (χ0) is 23.2. The van der Waals surface area contributed by atoms with E-state index in [4.69, 9.17) is 27.9 Å². The van der Waals surface area contributed by atoms with Gasteiger partial charge in [0.25, 0.3) is 11.8 Å². The molecule has 6 nitrogen and oxygen atoms in total. The minimum Gasteiger partial charge on any atom is -0.482 e. The lowest BCUT2D eigenvalue weighted by molar-refractivity contribution is -0.118. The zero-order valence-corrected chi connectivity index (χ0v) is 19.4. The van der Waals surface area contributed by atoms with E-state index in [1.807, 2.05) is 59.5 Å². The molecule has 4 rings (SSSR count). The average molecular weight is 484 g/mol. The molecule has 1 fully saturated rings. The van der Waals surface area contributed by atoms with E-state index in [-0.39, 0.29) is 18.4 Å². The first-order chi connectivity index (χ1) is 16.0. The Morgan fingerprint density at radius 1 is 0.879 bits per heavy atom. The van der Waals surface area contributed by atoms with E-state index in [0.29, 0.717) is 53.2 Å². The number of hydrogen-bond acceptors (Lipinski definition) is 4. The molecule has 0 radical (unpaired) electrons. The van der Waals surface area contributed by atoms with Crippen LogP contribution in [0.25, 0.3) is 0 Å². The van der Waals surface area contributed by atoms with E-state index in [2.05, 4.69) is 10.2 Å². The van der Waals surface area contributed by atoms with Gasteiger partial charge in [0, 0.05) is 36.8 Å². The lowest BCUT2D eigenvalue weighted by atomic mass is 10.1. The summed E-state index contributed by atoms with van der Waals surface area (Å²) in [6.07, 6.45) is 0. The number of nitrogens with zero attached hydrogens (tertiary/aromatic N) is 2. The van der Waals surface area contributed by atoms with Gasteiger partial charge in [-0.3, -0.25) is 9.59 Å². The number of amides is 2. The van der Waals surface area contributed by atoms with Crippen molar-refractivity contribution in [1.82, 2.24) is 4.90 Å². The number of rotatable bonds is 6. The lowest BCUT2D eigenvalue weighted by Gasteiger charge is -2.37. The normalized spacial score (nSPS) is 13.5.